The molecular weight excluding hydrogens is 188 g/mol. The molecule has 0 saturated carbocycles. The highest BCUT2D eigenvalue weighted by atomic mass is 35.7. The third kappa shape index (κ3) is 12.7. The Morgan fingerprint density at radius 3 is 1.75 bits per heavy atom. The van der Waals surface area contributed by atoms with Gasteiger partial charge in [-0.2, -0.15) is 14.0 Å². The Bertz CT molecular complexity index is 107. The maximum atomic E-state index is 8.60. The third-order valence-electron chi connectivity index (χ3n) is 1.34. The van der Waals surface area contributed by atoms with Crippen LogP contribution >= 0.6 is 0 Å². The molecule has 1 fully saturated rings. The molecule has 0 unspecified atom stereocenters. The second-order valence-electron chi connectivity index (χ2n) is 2.45. The number of halogens is 1. The van der Waals surface area contributed by atoms with Gasteiger partial charge in [0.05, 0.1) is 14.9 Å². The van der Waals surface area contributed by atoms with Crippen LogP contribution in [0.3, 0.4) is 0 Å². The van der Waals surface area contributed by atoms with E-state index in [-0.39, 0.29) is 0 Å². The van der Waals surface area contributed by atoms with Crippen molar-refractivity contribution in [1.29, 1.82) is 0 Å². The van der Waals surface area contributed by atoms with E-state index in [9.17, 15) is 0 Å². The molecule has 0 spiro atoms. The Morgan fingerprint density at radius 1 is 1.25 bits per heavy atom. The molecule has 0 radical (unpaired) electrons. The maximum absolute atomic E-state index is 8.60. The van der Waals surface area contributed by atoms with Crippen LogP contribution in [0.4, 0.5) is 0 Å². The fourth-order valence-corrected chi connectivity index (χ4v) is 0.777. The summed E-state index contributed by atoms with van der Waals surface area (Å²) in [7, 11) is -2.54. The molecule has 74 valence electrons. The normalized spacial score (nSPS) is 19.8. The molecule has 0 bridgehead atoms. The van der Waals surface area contributed by atoms with Gasteiger partial charge in [-0.05, 0) is 7.05 Å². The SMILES string of the molecule is CN1CCNCC1.[O-][Cl+3]([O-])([O-])O. The van der Waals surface area contributed by atoms with Crippen molar-refractivity contribution in [2.75, 3.05) is 33.2 Å². The fourth-order valence-electron chi connectivity index (χ4n) is 0.777. The fraction of sp³-hybridized carbons (Fsp3) is 1.00. The smallest absolute Gasteiger partial charge is 0.0777 e. The molecule has 0 amide bonds. The van der Waals surface area contributed by atoms with E-state index in [1.165, 1.54) is 13.1 Å². The highest BCUT2D eigenvalue weighted by Gasteiger charge is 2.01. The number of nitrogens with zero attached hydrogens (tertiary/aromatic N) is 1. The summed E-state index contributed by atoms with van der Waals surface area (Å²) in [6.45, 7) is 4.74. The van der Waals surface area contributed by atoms with Crippen LogP contribution < -0.4 is 19.3 Å². The summed E-state index contributed by atoms with van der Waals surface area (Å²) < 4.78 is 32.7. The number of rotatable bonds is 0. The van der Waals surface area contributed by atoms with Gasteiger partial charge in [-0.15, -0.1) is 0 Å². The van der Waals surface area contributed by atoms with Crippen molar-refractivity contribution >= 4 is 0 Å². The zero-order valence-electron chi connectivity index (χ0n) is 6.83. The van der Waals surface area contributed by atoms with Crippen LogP contribution in [0.1, 0.15) is 0 Å². The molecule has 6 nitrogen and oxygen atoms in total. The molecular formula is C5H13ClN2O4. The van der Waals surface area contributed by atoms with E-state index in [1.54, 1.807) is 0 Å². The molecule has 1 aliphatic heterocycles. The summed E-state index contributed by atoms with van der Waals surface area (Å²) in [5.41, 5.74) is 0. The minimum atomic E-state index is -4.69. The lowest BCUT2D eigenvalue weighted by molar-refractivity contribution is -1.92. The molecule has 1 rings (SSSR count). The van der Waals surface area contributed by atoms with Crippen molar-refractivity contribution < 1.29 is 28.9 Å². The summed E-state index contributed by atoms with van der Waals surface area (Å²) in [6, 6.07) is 0. The standard InChI is InChI=1S/C5H12N2.ClHO4/c1-7-4-2-6-3-5-7;2-1(3,4)5/h6H,2-5H2,1H3;(H,2,3,4,5). The quantitative estimate of drug-likeness (QED) is 0.408. The second kappa shape index (κ2) is 5.65. The number of hydrogen-bond donors (Lipinski definition) is 2. The van der Waals surface area contributed by atoms with Crippen molar-refractivity contribution in [3.05, 3.63) is 0 Å². The molecule has 0 aromatic rings. The highest BCUT2D eigenvalue weighted by molar-refractivity contribution is 4.62. The molecule has 12 heavy (non-hydrogen) atoms. The topological polar surface area (TPSA) is 105 Å². The first kappa shape index (κ1) is 12.0. The first-order valence-corrected chi connectivity index (χ1v) is 4.68. The van der Waals surface area contributed by atoms with Crippen LogP contribution in [0.25, 0.3) is 0 Å². The first-order chi connectivity index (χ1) is 5.39. The molecule has 1 saturated heterocycles. The molecule has 7 heteroatoms. The maximum Gasteiger partial charge on any atom is 0.0777 e. The van der Waals surface area contributed by atoms with Gasteiger partial charge in [0.25, 0.3) is 0 Å². The van der Waals surface area contributed by atoms with Gasteiger partial charge < -0.3 is 10.2 Å². The zero-order chi connectivity index (χ0) is 9.61. The molecule has 0 atom stereocenters. The molecule has 0 aromatic heterocycles. The van der Waals surface area contributed by atoms with Gasteiger partial charge in [-0.3, -0.25) is 0 Å². The van der Waals surface area contributed by atoms with E-state index >= 15 is 0 Å². The van der Waals surface area contributed by atoms with Crippen LogP contribution in [-0.2, 0) is 0 Å². The second-order valence-corrected chi connectivity index (χ2v) is 3.24. The highest BCUT2D eigenvalue weighted by Crippen LogP contribution is 1.83. The molecule has 2 N–H and O–H groups in total. The van der Waals surface area contributed by atoms with Crippen LogP contribution in [0, 0.1) is 10.2 Å². The summed E-state index contributed by atoms with van der Waals surface area (Å²) in [5.74, 6) is 0. The van der Waals surface area contributed by atoms with E-state index in [4.69, 9.17) is 18.6 Å². The Balaban J connectivity index is 0.000000217. The van der Waals surface area contributed by atoms with Crippen LogP contribution in [0.5, 0.6) is 0 Å². The summed E-state index contributed by atoms with van der Waals surface area (Å²) in [6.07, 6.45) is 0. The average Bonchev–Trinajstić information content (AvgIpc) is 1.85. The zero-order valence-corrected chi connectivity index (χ0v) is 7.58. The lowest BCUT2D eigenvalue weighted by atomic mass is 10.4. The van der Waals surface area contributed by atoms with E-state index in [1.807, 2.05) is 0 Å². The van der Waals surface area contributed by atoms with Crippen molar-refractivity contribution in [1.82, 2.24) is 10.2 Å². The molecule has 0 aromatic carbocycles. The van der Waals surface area contributed by atoms with E-state index < -0.39 is 10.2 Å². The van der Waals surface area contributed by atoms with Crippen molar-refractivity contribution in [2.45, 2.75) is 0 Å². The van der Waals surface area contributed by atoms with Gasteiger partial charge in [-0.25, -0.2) is 0 Å². The monoisotopic (exact) mass is 200 g/mol. The van der Waals surface area contributed by atoms with E-state index in [0.29, 0.717) is 0 Å². The van der Waals surface area contributed by atoms with Crippen LogP contribution in [0.15, 0.2) is 0 Å². The van der Waals surface area contributed by atoms with Crippen LogP contribution in [0.2, 0.25) is 0 Å². The predicted octanol–water partition coefficient (Wildman–Crippen LogP) is -4.60. The average molecular weight is 201 g/mol. The predicted molar refractivity (Wildman–Crippen MR) is 32.6 cm³/mol. The number of hydrogen-bond acceptors (Lipinski definition) is 6. The van der Waals surface area contributed by atoms with Gasteiger partial charge in [0.1, 0.15) is 0 Å². The number of piperazine rings is 1. The van der Waals surface area contributed by atoms with Gasteiger partial charge in [-0.1, -0.05) is 0 Å². The lowest BCUT2D eigenvalue weighted by Crippen LogP contribution is -2.58. The van der Waals surface area contributed by atoms with E-state index in [0.717, 1.165) is 13.1 Å². The molecule has 1 heterocycles. The van der Waals surface area contributed by atoms with Crippen molar-refractivity contribution in [2.24, 2.45) is 0 Å². The van der Waals surface area contributed by atoms with Gasteiger partial charge in [0, 0.05) is 26.2 Å². The minimum Gasteiger partial charge on any atom is -0.314 e. The lowest BCUT2D eigenvalue weighted by Gasteiger charge is -2.21. The number of nitrogens with one attached hydrogen (secondary N) is 1. The van der Waals surface area contributed by atoms with Crippen molar-refractivity contribution in [3.63, 3.8) is 0 Å². The summed E-state index contributed by atoms with van der Waals surface area (Å²) >= 11 is 0. The Labute approximate surface area is 73.1 Å². The Hall–Kier alpha value is 0.0500. The molecule has 1 aliphatic rings. The number of likely N-dealkylation sites (N-methyl/N-ethyl adjacent to an activating group) is 1. The van der Waals surface area contributed by atoms with Crippen LogP contribution in [-0.4, -0.2) is 42.8 Å². The summed E-state index contributed by atoms with van der Waals surface area (Å²) in [4.78, 5) is 2.33. The minimum absolute atomic E-state index is 1.16. The van der Waals surface area contributed by atoms with Gasteiger partial charge >= 0.3 is 0 Å². The largest absolute Gasteiger partial charge is 0.314 e. The van der Waals surface area contributed by atoms with Gasteiger partial charge in [0.2, 0.25) is 0 Å². The first-order valence-electron chi connectivity index (χ1n) is 3.42. The molecule has 0 aliphatic carbocycles. The summed E-state index contributed by atoms with van der Waals surface area (Å²) in [5, 5.41) is 3.27. The van der Waals surface area contributed by atoms with E-state index in [2.05, 4.69) is 17.3 Å². The third-order valence-corrected chi connectivity index (χ3v) is 1.34. The Kier molecular flexibility index (Phi) is 5.68. The van der Waals surface area contributed by atoms with Crippen molar-refractivity contribution in [3.8, 4) is 0 Å². The Morgan fingerprint density at radius 2 is 1.58 bits per heavy atom. The van der Waals surface area contributed by atoms with Gasteiger partial charge in [0.15, 0.2) is 0 Å².